The van der Waals surface area contributed by atoms with Crippen LogP contribution in [0.4, 0.5) is 13.2 Å². The lowest BCUT2D eigenvalue weighted by Crippen LogP contribution is -2.35. The first-order valence-corrected chi connectivity index (χ1v) is 10.1. The summed E-state index contributed by atoms with van der Waals surface area (Å²) in [6, 6.07) is 9.34. The third-order valence-electron chi connectivity index (χ3n) is 5.35. The van der Waals surface area contributed by atoms with Crippen LogP contribution in [0.5, 0.6) is 0 Å². The van der Waals surface area contributed by atoms with Crippen molar-refractivity contribution in [3.05, 3.63) is 69.6 Å². The number of pyridine rings is 1. The smallest absolute Gasteiger partial charge is 0.350 e. The molecule has 1 aliphatic heterocycles. The predicted octanol–water partition coefficient (Wildman–Crippen LogP) is 3.42. The molecule has 3 rings (SSSR count). The van der Waals surface area contributed by atoms with Crippen molar-refractivity contribution in [2.24, 2.45) is 5.92 Å². The zero-order valence-corrected chi connectivity index (χ0v) is 16.9. The summed E-state index contributed by atoms with van der Waals surface area (Å²) < 4.78 is 39.3. The van der Waals surface area contributed by atoms with Gasteiger partial charge in [0.15, 0.2) is 0 Å². The number of nitrogens with zero attached hydrogens (tertiary/aromatic N) is 2. The lowest BCUT2D eigenvalue weighted by atomic mass is 9.99. The first-order chi connectivity index (χ1) is 14.2. The molecule has 1 N–H and O–H groups in total. The van der Waals surface area contributed by atoms with Crippen molar-refractivity contribution in [3.8, 4) is 0 Å². The number of benzene rings is 1. The van der Waals surface area contributed by atoms with Crippen molar-refractivity contribution in [3.63, 3.8) is 0 Å². The molecular weight excluding hydrogens is 395 g/mol. The van der Waals surface area contributed by atoms with Crippen LogP contribution >= 0.6 is 0 Å². The second kappa shape index (κ2) is 9.47. The zero-order valence-electron chi connectivity index (χ0n) is 16.9. The zero-order chi connectivity index (χ0) is 21.7. The van der Waals surface area contributed by atoms with Gasteiger partial charge in [-0.2, -0.15) is 13.2 Å². The summed E-state index contributed by atoms with van der Waals surface area (Å²) in [5.74, 6) is 0.147. The van der Waals surface area contributed by atoms with E-state index in [2.05, 4.69) is 17.1 Å². The summed E-state index contributed by atoms with van der Waals surface area (Å²) in [5.41, 5.74) is 0.456. The van der Waals surface area contributed by atoms with Crippen molar-refractivity contribution in [2.75, 3.05) is 13.1 Å². The van der Waals surface area contributed by atoms with Crippen LogP contribution in [0.25, 0.3) is 0 Å². The van der Waals surface area contributed by atoms with Gasteiger partial charge in [-0.25, -0.2) is 0 Å². The predicted molar refractivity (Wildman–Crippen MR) is 108 cm³/mol. The van der Waals surface area contributed by atoms with E-state index in [9.17, 15) is 22.8 Å². The summed E-state index contributed by atoms with van der Waals surface area (Å²) in [7, 11) is 0. The largest absolute Gasteiger partial charge is 0.417 e. The van der Waals surface area contributed by atoms with Crippen molar-refractivity contribution < 1.29 is 18.0 Å². The van der Waals surface area contributed by atoms with E-state index in [1.165, 1.54) is 12.8 Å². The maximum absolute atomic E-state index is 12.8. The number of amides is 1. The van der Waals surface area contributed by atoms with Gasteiger partial charge in [0.1, 0.15) is 6.54 Å². The number of carbonyl (C=O) groups is 1. The summed E-state index contributed by atoms with van der Waals surface area (Å²) in [4.78, 5) is 26.5. The lowest BCUT2D eigenvalue weighted by molar-refractivity contribution is -0.138. The van der Waals surface area contributed by atoms with E-state index < -0.39 is 29.8 Å². The molecule has 1 aliphatic rings. The average Bonchev–Trinajstić information content (AvgIpc) is 2.68. The minimum absolute atomic E-state index is 0.256. The van der Waals surface area contributed by atoms with Gasteiger partial charge in [-0.15, -0.1) is 0 Å². The molecule has 1 unspecified atom stereocenters. The fourth-order valence-electron chi connectivity index (χ4n) is 3.78. The highest BCUT2D eigenvalue weighted by Crippen LogP contribution is 2.28. The van der Waals surface area contributed by atoms with Crippen molar-refractivity contribution in [1.82, 2.24) is 14.8 Å². The van der Waals surface area contributed by atoms with Crippen LogP contribution < -0.4 is 10.9 Å². The van der Waals surface area contributed by atoms with Crippen LogP contribution in [0, 0.1) is 5.92 Å². The maximum atomic E-state index is 12.8. The molecular formula is C22H26F3N3O2. The van der Waals surface area contributed by atoms with Gasteiger partial charge in [-0.3, -0.25) is 14.5 Å². The van der Waals surface area contributed by atoms with E-state index in [1.807, 2.05) is 24.3 Å². The minimum Gasteiger partial charge on any atom is -0.350 e. The standard InChI is InChI=1S/C22H26F3N3O2/c1-16-5-4-10-27(12-16)13-18-7-3-2-6-17(18)11-26-20(29)15-28-14-19(22(23,24)25)8-9-21(28)30/h2-3,6-9,14,16H,4-5,10-13,15H2,1H3,(H,26,29). The van der Waals surface area contributed by atoms with Gasteiger partial charge in [0.2, 0.25) is 5.91 Å². The molecule has 0 saturated carbocycles. The molecule has 1 saturated heterocycles. The Labute approximate surface area is 173 Å². The molecule has 0 spiro atoms. The quantitative estimate of drug-likeness (QED) is 0.778. The highest BCUT2D eigenvalue weighted by molar-refractivity contribution is 5.75. The number of rotatable bonds is 6. The number of carbonyl (C=O) groups excluding carboxylic acids is 1. The van der Waals surface area contributed by atoms with Gasteiger partial charge in [0, 0.05) is 31.9 Å². The number of hydrogen-bond acceptors (Lipinski definition) is 3. The number of alkyl halides is 3. The summed E-state index contributed by atoms with van der Waals surface area (Å²) >= 11 is 0. The van der Waals surface area contributed by atoms with Gasteiger partial charge in [-0.1, -0.05) is 31.2 Å². The van der Waals surface area contributed by atoms with Crippen LogP contribution in [0.2, 0.25) is 0 Å². The number of halogens is 3. The van der Waals surface area contributed by atoms with Gasteiger partial charge < -0.3 is 9.88 Å². The molecule has 0 bridgehead atoms. The second-order valence-electron chi connectivity index (χ2n) is 7.91. The van der Waals surface area contributed by atoms with Gasteiger partial charge >= 0.3 is 6.18 Å². The monoisotopic (exact) mass is 421 g/mol. The molecule has 1 amide bonds. The Morgan fingerprint density at radius 2 is 1.90 bits per heavy atom. The number of piperidine rings is 1. The molecule has 5 nitrogen and oxygen atoms in total. The molecule has 1 atom stereocenters. The van der Waals surface area contributed by atoms with E-state index in [0.29, 0.717) is 18.2 Å². The fraction of sp³-hybridized carbons (Fsp3) is 0.455. The first kappa shape index (κ1) is 22.1. The van der Waals surface area contributed by atoms with Crippen molar-refractivity contribution in [2.45, 2.75) is 45.6 Å². The Morgan fingerprint density at radius 3 is 2.60 bits per heavy atom. The molecule has 8 heteroatoms. The molecule has 2 heterocycles. The molecule has 0 aliphatic carbocycles. The minimum atomic E-state index is -4.57. The van der Waals surface area contributed by atoms with E-state index in [4.69, 9.17) is 0 Å². The Kier molecular flexibility index (Phi) is 6.97. The number of aromatic nitrogens is 1. The summed E-state index contributed by atoms with van der Waals surface area (Å²) in [6.07, 6.45) is -1.49. The van der Waals surface area contributed by atoms with Crippen LogP contribution in [0.3, 0.4) is 0 Å². The molecule has 1 aromatic heterocycles. The third-order valence-corrected chi connectivity index (χ3v) is 5.35. The number of likely N-dealkylation sites (tertiary alicyclic amines) is 1. The average molecular weight is 421 g/mol. The van der Waals surface area contributed by atoms with E-state index >= 15 is 0 Å². The summed E-state index contributed by atoms with van der Waals surface area (Å²) in [5, 5.41) is 2.72. The molecule has 0 radical (unpaired) electrons. The van der Waals surface area contributed by atoms with E-state index in [1.54, 1.807) is 0 Å². The Balaban J connectivity index is 1.62. The van der Waals surface area contributed by atoms with Gasteiger partial charge in [0.25, 0.3) is 5.56 Å². The highest BCUT2D eigenvalue weighted by Gasteiger charge is 2.31. The number of nitrogens with one attached hydrogen (secondary N) is 1. The normalized spacial score (nSPS) is 17.7. The van der Waals surface area contributed by atoms with Crippen LogP contribution in [-0.4, -0.2) is 28.5 Å². The summed E-state index contributed by atoms with van der Waals surface area (Å²) in [6.45, 7) is 4.92. The van der Waals surface area contributed by atoms with E-state index in [-0.39, 0.29) is 6.54 Å². The fourth-order valence-corrected chi connectivity index (χ4v) is 3.78. The Hall–Kier alpha value is -2.61. The van der Waals surface area contributed by atoms with Crippen LogP contribution in [-0.2, 0) is 30.6 Å². The van der Waals surface area contributed by atoms with Crippen LogP contribution in [0.1, 0.15) is 36.5 Å². The Bertz CT molecular complexity index is 940. The highest BCUT2D eigenvalue weighted by atomic mass is 19.4. The number of hydrogen-bond donors (Lipinski definition) is 1. The Morgan fingerprint density at radius 1 is 1.17 bits per heavy atom. The molecule has 162 valence electrons. The second-order valence-corrected chi connectivity index (χ2v) is 7.91. The molecule has 1 aromatic carbocycles. The van der Waals surface area contributed by atoms with Crippen molar-refractivity contribution >= 4 is 5.91 Å². The third kappa shape index (κ3) is 5.95. The lowest BCUT2D eigenvalue weighted by Gasteiger charge is -2.31. The van der Waals surface area contributed by atoms with Crippen molar-refractivity contribution in [1.29, 1.82) is 0 Å². The van der Waals surface area contributed by atoms with Gasteiger partial charge in [-0.05, 0) is 42.5 Å². The van der Waals surface area contributed by atoms with Crippen LogP contribution in [0.15, 0.2) is 47.4 Å². The van der Waals surface area contributed by atoms with E-state index in [0.717, 1.165) is 41.4 Å². The molecule has 30 heavy (non-hydrogen) atoms. The SMILES string of the molecule is CC1CCCN(Cc2ccccc2CNC(=O)Cn2cc(C(F)(F)F)ccc2=O)C1. The maximum Gasteiger partial charge on any atom is 0.417 e. The first-order valence-electron chi connectivity index (χ1n) is 10.1. The topological polar surface area (TPSA) is 54.3 Å². The van der Waals surface area contributed by atoms with Gasteiger partial charge in [0.05, 0.1) is 5.56 Å². The molecule has 2 aromatic rings. The molecule has 1 fully saturated rings.